The molecule has 0 unspecified atom stereocenters. The molecule has 0 saturated carbocycles. The summed E-state index contributed by atoms with van der Waals surface area (Å²) in [6.07, 6.45) is -10.8. The fourth-order valence-electron chi connectivity index (χ4n) is 2.56. The zero-order valence-electron chi connectivity index (χ0n) is 12.4. The van der Waals surface area contributed by atoms with Crippen LogP contribution in [0.4, 0.5) is 36.4 Å². The van der Waals surface area contributed by atoms with Crippen molar-refractivity contribution in [3.8, 4) is 11.3 Å². The van der Waals surface area contributed by atoms with Crippen molar-refractivity contribution < 1.29 is 35.7 Å². The van der Waals surface area contributed by atoms with Crippen LogP contribution in [0.3, 0.4) is 0 Å². The lowest BCUT2D eigenvalue weighted by molar-refractivity contribution is -0.391. The van der Waals surface area contributed by atoms with E-state index >= 15 is 0 Å². The molecule has 0 aliphatic heterocycles. The maximum Gasteiger partial charge on any atom is 0.438 e. The van der Waals surface area contributed by atoms with Crippen LogP contribution in [0.5, 0.6) is 0 Å². The van der Waals surface area contributed by atoms with Gasteiger partial charge in [-0.2, -0.15) is 26.3 Å². The Morgan fingerprint density at radius 1 is 1.04 bits per heavy atom. The van der Waals surface area contributed by atoms with E-state index in [0.29, 0.717) is 0 Å². The molecule has 0 saturated heterocycles. The molecule has 1 aromatic carbocycles. The Morgan fingerprint density at radius 3 is 1.92 bits per heavy atom. The number of rotatable bonds is 3. The molecule has 0 spiro atoms. The fraction of sp³-hybridized carbons (Fsp3) is 0.286. The third-order valence-electron chi connectivity index (χ3n) is 3.41. The largest absolute Gasteiger partial charge is 0.438 e. The smallest absolute Gasteiger partial charge is 0.331 e. The van der Waals surface area contributed by atoms with Crippen LogP contribution in [0, 0.1) is 15.9 Å². The number of hydrogen-bond donors (Lipinski definition) is 0. The van der Waals surface area contributed by atoms with Crippen LogP contribution in [0.1, 0.15) is 18.2 Å². The minimum atomic E-state index is -5.42. The summed E-state index contributed by atoms with van der Waals surface area (Å²) in [5.74, 6) is -0.822. The molecular formula is C14H9F7N2O2. The predicted octanol–water partition coefficient (Wildman–Crippen LogP) is 5.26. The molecule has 136 valence electrons. The second kappa shape index (κ2) is 6.05. The van der Waals surface area contributed by atoms with E-state index in [0.717, 1.165) is 31.2 Å². The fourth-order valence-corrected chi connectivity index (χ4v) is 2.56. The highest BCUT2D eigenvalue weighted by molar-refractivity contribution is 5.73. The van der Waals surface area contributed by atoms with Crippen molar-refractivity contribution in [2.24, 2.45) is 0 Å². The molecule has 1 heterocycles. The zero-order valence-corrected chi connectivity index (χ0v) is 12.4. The zero-order chi connectivity index (χ0) is 19.2. The van der Waals surface area contributed by atoms with Crippen LogP contribution in [0.15, 0.2) is 24.3 Å². The molecule has 0 radical (unpaired) electrons. The van der Waals surface area contributed by atoms with Gasteiger partial charge in [0.25, 0.3) is 0 Å². The summed E-state index contributed by atoms with van der Waals surface area (Å²) in [6.45, 7) is 0.505. The van der Waals surface area contributed by atoms with Crippen LogP contribution in [-0.2, 0) is 18.9 Å². The number of benzene rings is 1. The molecule has 4 nitrogen and oxygen atoms in total. The van der Waals surface area contributed by atoms with E-state index in [1.54, 1.807) is 0 Å². The van der Waals surface area contributed by atoms with Crippen LogP contribution in [0.25, 0.3) is 11.3 Å². The van der Waals surface area contributed by atoms with Crippen molar-refractivity contribution >= 4 is 5.69 Å². The van der Waals surface area contributed by atoms with E-state index in [4.69, 9.17) is 0 Å². The summed E-state index contributed by atoms with van der Waals surface area (Å²) in [5.41, 5.74) is -7.55. The van der Waals surface area contributed by atoms with Crippen molar-refractivity contribution in [2.45, 2.75) is 25.8 Å². The van der Waals surface area contributed by atoms with Crippen molar-refractivity contribution in [2.75, 3.05) is 0 Å². The quantitative estimate of drug-likeness (QED) is 0.420. The first-order chi connectivity index (χ1) is 11.4. The Bertz CT molecular complexity index is 805. The van der Waals surface area contributed by atoms with E-state index in [9.17, 15) is 40.8 Å². The first kappa shape index (κ1) is 18.7. The summed E-state index contributed by atoms with van der Waals surface area (Å²) >= 11 is 0. The van der Waals surface area contributed by atoms with E-state index in [2.05, 4.69) is 0 Å². The number of nitrogens with zero attached hydrogens (tertiary/aromatic N) is 2. The average molecular weight is 370 g/mol. The van der Waals surface area contributed by atoms with Crippen molar-refractivity contribution in [1.82, 2.24) is 4.57 Å². The first-order valence-electron chi connectivity index (χ1n) is 6.70. The first-order valence-corrected chi connectivity index (χ1v) is 6.70. The lowest BCUT2D eigenvalue weighted by Gasteiger charge is -2.13. The number of aromatic nitrogens is 1. The van der Waals surface area contributed by atoms with E-state index in [1.165, 1.54) is 0 Å². The minimum absolute atomic E-state index is 0.175. The number of alkyl halides is 6. The third kappa shape index (κ3) is 3.30. The molecule has 11 heteroatoms. The molecule has 1 aromatic heterocycles. The molecule has 0 fully saturated rings. The molecule has 0 bridgehead atoms. The Labute approximate surface area is 135 Å². The summed E-state index contributed by atoms with van der Waals surface area (Å²) in [7, 11) is 0. The Morgan fingerprint density at radius 2 is 1.56 bits per heavy atom. The van der Waals surface area contributed by atoms with Gasteiger partial charge in [-0.25, -0.2) is 4.39 Å². The maximum atomic E-state index is 13.4. The minimum Gasteiger partial charge on any atom is -0.331 e. The van der Waals surface area contributed by atoms with Gasteiger partial charge >= 0.3 is 18.0 Å². The molecule has 2 aromatic rings. The highest BCUT2D eigenvalue weighted by Crippen LogP contribution is 2.50. The standard InChI is InChI=1S/C14H9F7N2O2/c1-2-22-10(7-3-5-8(15)6-4-7)9(13(16,17)18)11(23(24)25)12(22)14(19,20)21/h3-6H,2H2,1H3. The summed E-state index contributed by atoms with van der Waals surface area (Å²) < 4.78 is 93.2. The predicted molar refractivity (Wildman–Crippen MR) is 72.2 cm³/mol. The molecule has 25 heavy (non-hydrogen) atoms. The molecule has 0 aliphatic rings. The van der Waals surface area contributed by atoms with Gasteiger partial charge in [0.2, 0.25) is 5.69 Å². The van der Waals surface area contributed by atoms with Gasteiger partial charge in [0, 0.05) is 6.54 Å². The van der Waals surface area contributed by atoms with Gasteiger partial charge in [-0.05, 0) is 36.8 Å². The highest BCUT2D eigenvalue weighted by atomic mass is 19.4. The van der Waals surface area contributed by atoms with Gasteiger partial charge in [0.1, 0.15) is 5.82 Å². The van der Waals surface area contributed by atoms with Gasteiger partial charge in [-0.1, -0.05) is 0 Å². The Balaban J connectivity index is 3.04. The summed E-state index contributed by atoms with van der Waals surface area (Å²) in [4.78, 5) is 9.33. The lowest BCUT2D eigenvalue weighted by Crippen LogP contribution is -2.15. The maximum absolute atomic E-state index is 13.4. The number of hydrogen-bond acceptors (Lipinski definition) is 2. The molecular weight excluding hydrogens is 361 g/mol. The topological polar surface area (TPSA) is 48.1 Å². The SMILES string of the molecule is CCn1c(-c2ccc(F)cc2)c(C(F)(F)F)c([N+](=O)[O-])c1C(F)(F)F. The summed E-state index contributed by atoms with van der Waals surface area (Å²) in [6, 6.07) is 3.16. The normalized spacial score (nSPS) is 12.5. The molecule has 2 rings (SSSR count). The van der Waals surface area contributed by atoms with Crippen LogP contribution >= 0.6 is 0 Å². The van der Waals surface area contributed by atoms with Crippen LogP contribution in [-0.4, -0.2) is 9.49 Å². The third-order valence-corrected chi connectivity index (χ3v) is 3.41. The van der Waals surface area contributed by atoms with Gasteiger partial charge < -0.3 is 4.57 Å². The van der Waals surface area contributed by atoms with Gasteiger partial charge in [0.05, 0.1) is 10.6 Å². The van der Waals surface area contributed by atoms with E-state index < -0.39 is 57.8 Å². The second-order valence-electron chi connectivity index (χ2n) is 4.92. The highest BCUT2D eigenvalue weighted by Gasteiger charge is 2.53. The molecule has 0 aliphatic carbocycles. The molecule has 0 N–H and O–H groups in total. The molecule has 0 atom stereocenters. The van der Waals surface area contributed by atoms with Crippen LogP contribution < -0.4 is 0 Å². The second-order valence-corrected chi connectivity index (χ2v) is 4.92. The van der Waals surface area contributed by atoms with Crippen molar-refractivity contribution in [3.05, 3.63) is 51.5 Å². The number of halogens is 7. The van der Waals surface area contributed by atoms with Crippen LogP contribution in [0.2, 0.25) is 0 Å². The Kier molecular flexibility index (Phi) is 4.53. The van der Waals surface area contributed by atoms with Gasteiger partial charge in [-0.3, -0.25) is 10.1 Å². The van der Waals surface area contributed by atoms with Gasteiger partial charge in [0.15, 0.2) is 5.56 Å². The molecule has 0 amide bonds. The van der Waals surface area contributed by atoms with Crippen molar-refractivity contribution in [1.29, 1.82) is 0 Å². The monoisotopic (exact) mass is 370 g/mol. The number of nitro groups is 1. The van der Waals surface area contributed by atoms with E-state index in [1.807, 2.05) is 0 Å². The lowest BCUT2D eigenvalue weighted by atomic mass is 10.1. The Hall–Kier alpha value is -2.59. The van der Waals surface area contributed by atoms with E-state index in [-0.39, 0.29) is 4.57 Å². The summed E-state index contributed by atoms with van der Waals surface area (Å²) in [5, 5.41) is 11.0. The van der Waals surface area contributed by atoms with Gasteiger partial charge in [-0.15, -0.1) is 0 Å². The average Bonchev–Trinajstić information content (AvgIpc) is 2.83. The van der Waals surface area contributed by atoms with Crippen molar-refractivity contribution in [3.63, 3.8) is 0 Å².